The third kappa shape index (κ3) is 3.47. The van der Waals surface area contributed by atoms with Crippen LogP contribution in [0.15, 0.2) is 41.3 Å². The molecule has 3 N–H and O–H groups in total. The zero-order chi connectivity index (χ0) is 19.6. The van der Waals surface area contributed by atoms with Gasteiger partial charge in [-0.15, -0.1) is 0 Å². The lowest BCUT2D eigenvalue weighted by Gasteiger charge is -2.10. The molecule has 27 heavy (non-hydrogen) atoms. The van der Waals surface area contributed by atoms with Crippen molar-refractivity contribution in [3.05, 3.63) is 63.8 Å². The third-order valence-electron chi connectivity index (χ3n) is 4.01. The highest BCUT2D eigenvalue weighted by molar-refractivity contribution is 6.06. The fraction of sp³-hybridized carbons (Fsp3) is 0.167. The van der Waals surface area contributed by atoms with Gasteiger partial charge < -0.3 is 4.98 Å². The van der Waals surface area contributed by atoms with E-state index in [4.69, 9.17) is 0 Å². The number of nitrogens with zero attached hydrogens (tertiary/aromatic N) is 2. The molecule has 0 aliphatic rings. The Morgan fingerprint density at radius 3 is 2.41 bits per heavy atom. The van der Waals surface area contributed by atoms with Crippen LogP contribution in [0.3, 0.4) is 0 Å². The van der Waals surface area contributed by atoms with E-state index >= 15 is 0 Å². The van der Waals surface area contributed by atoms with Gasteiger partial charge in [-0.1, -0.05) is 18.2 Å². The molecule has 9 nitrogen and oxygen atoms in total. The summed E-state index contributed by atoms with van der Waals surface area (Å²) in [4.78, 5) is 50.9. The van der Waals surface area contributed by atoms with Crippen molar-refractivity contribution in [3.63, 3.8) is 0 Å². The van der Waals surface area contributed by atoms with Crippen molar-refractivity contribution < 1.29 is 14.4 Å². The van der Waals surface area contributed by atoms with Gasteiger partial charge in [0.2, 0.25) is 0 Å². The van der Waals surface area contributed by atoms with Gasteiger partial charge >= 0.3 is 0 Å². The summed E-state index contributed by atoms with van der Waals surface area (Å²) < 4.78 is 1.18. The van der Waals surface area contributed by atoms with Gasteiger partial charge in [0.15, 0.2) is 11.5 Å². The second-order valence-electron chi connectivity index (χ2n) is 5.78. The van der Waals surface area contributed by atoms with E-state index in [-0.39, 0.29) is 22.7 Å². The predicted octanol–water partition coefficient (Wildman–Crippen LogP) is 1.02. The first kappa shape index (κ1) is 18.1. The molecule has 2 amide bonds. The number of carbonyl (C=O) groups excluding carboxylic acids is 3. The van der Waals surface area contributed by atoms with Crippen LogP contribution in [-0.2, 0) is 6.54 Å². The number of fused-ring (bicyclic) bond motifs is 1. The molecule has 2 heterocycles. The van der Waals surface area contributed by atoms with E-state index in [9.17, 15) is 19.2 Å². The highest BCUT2D eigenvalue weighted by atomic mass is 16.2. The maximum Gasteiger partial charge on any atom is 0.290 e. The predicted molar refractivity (Wildman–Crippen MR) is 97.4 cm³/mol. The lowest BCUT2D eigenvalue weighted by molar-refractivity contribution is 0.0841. The van der Waals surface area contributed by atoms with E-state index in [1.54, 1.807) is 31.2 Å². The van der Waals surface area contributed by atoms with Crippen molar-refractivity contribution in [2.75, 3.05) is 0 Å². The van der Waals surface area contributed by atoms with Crippen molar-refractivity contribution in [2.24, 2.45) is 0 Å². The Balaban J connectivity index is 1.84. The van der Waals surface area contributed by atoms with Gasteiger partial charge in [-0.05, 0) is 26.0 Å². The maximum absolute atomic E-state index is 12.5. The first-order valence-corrected chi connectivity index (χ1v) is 8.22. The first-order chi connectivity index (χ1) is 12.9. The van der Waals surface area contributed by atoms with Gasteiger partial charge in [-0.2, -0.15) is 5.10 Å². The molecule has 2 aromatic heterocycles. The van der Waals surface area contributed by atoms with E-state index in [1.165, 1.54) is 23.9 Å². The van der Waals surface area contributed by atoms with Crippen molar-refractivity contribution in [1.29, 1.82) is 0 Å². The molecule has 0 saturated heterocycles. The lowest BCUT2D eigenvalue weighted by Crippen LogP contribution is -2.43. The standard InChI is InChI=1S/C18H17N5O4/c1-3-23-18(27)13-7-5-4-6-12(13)15(22-23)17(26)21-20-16(25)14-8-11(9-19-14)10(2)24/h4-9,19H,3H2,1-2H3,(H,20,25)(H,21,26). The number of aromatic nitrogens is 3. The van der Waals surface area contributed by atoms with Gasteiger partial charge in [0.1, 0.15) is 5.69 Å². The molecule has 0 spiro atoms. The number of rotatable bonds is 4. The minimum absolute atomic E-state index is 0.0169. The van der Waals surface area contributed by atoms with Crippen LogP contribution in [0.1, 0.15) is 45.2 Å². The number of hydrogen-bond acceptors (Lipinski definition) is 5. The second kappa shape index (κ2) is 7.24. The first-order valence-electron chi connectivity index (χ1n) is 8.22. The molecule has 0 aliphatic carbocycles. The van der Waals surface area contributed by atoms with E-state index in [0.29, 0.717) is 22.9 Å². The Kier molecular flexibility index (Phi) is 4.84. The molecule has 0 unspecified atom stereocenters. The summed E-state index contributed by atoms with van der Waals surface area (Å²) in [5.74, 6) is -1.48. The maximum atomic E-state index is 12.5. The van der Waals surface area contributed by atoms with E-state index in [0.717, 1.165) is 0 Å². The smallest absolute Gasteiger partial charge is 0.290 e. The fourth-order valence-corrected chi connectivity index (χ4v) is 2.59. The van der Waals surface area contributed by atoms with Crippen LogP contribution in [-0.4, -0.2) is 32.4 Å². The Bertz CT molecular complexity index is 1110. The summed E-state index contributed by atoms with van der Waals surface area (Å²) in [6, 6.07) is 8.00. The number of hydrazine groups is 1. The average molecular weight is 367 g/mol. The molecule has 1 aromatic carbocycles. The summed E-state index contributed by atoms with van der Waals surface area (Å²) in [5.41, 5.74) is 4.74. The number of aromatic amines is 1. The number of aryl methyl sites for hydroxylation is 1. The Labute approximate surface area is 153 Å². The van der Waals surface area contributed by atoms with Crippen LogP contribution in [0.2, 0.25) is 0 Å². The van der Waals surface area contributed by atoms with Crippen LogP contribution in [0.5, 0.6) is 0 Å². The summed E-state index contributed by atoms with van der Waals surface area (Å²) in [6.45, 7) is 3.42. The summed E-state index contributed by atoms with van der Waals surface area (Å²) in [7, 11) is 0. The molecule has 3 aromatic rings. The van der Waals surface area contributed by atoms with E-state index in [1.807, 2.05) is 0 Å². The molecule has 9 heteroatoms. The molecule has 0 aliphatic heterocycles. The van der Waals surface area contributed by atoms with E-state index in [2.05, 4.69) is 20.9 Å². The molecule has 138 valence electrons. The topological polar surface area (TPSA) is 126 Å². The molecule has 0 fully saturated rings. The van der Waals surface area contributed by atoms with Gasteiger partial charge in [0, 0.05) is 23.7 Å². The fourth-order valence-electron chi connectivity index (χ4n) is 2.59. The number of Topliss-reactive ketones (excluding diaryl/α,β-unsaturated/α-hetero) is 1. The van der Waals surface area contributed by atoms with Crippen molar-refractivity contribution in [1.82, 2.24) is 25.6 Å². The number of nitrogens with one attached hydrogen (secondary N) is 3. The number of H-pyrrole nitrogens is 1. The molecular weight excluding hydrogens is 350 g/mol. The number of carbonyl (C=O) groups is 3. The highest BCUT2D eigenvalue weighted by Gasteiger charge is 2.17. The summed E-state index contributed by atoms with van der Waals surface area (Å²) >= 11 is 0. The number of amides is 2. The molecule has 0 saturated carbocycles. The zero-order valence-electron chi connectivity index (χ0n) is 14.7. The number of hydrogen-bond donors (Lipinski definition) is 3. The van der Waals surface area contributed by atoms with Crippen LogP contribution < -0.4 is 16.4 Å². The molecule has 0 atom stereocenters. The zero-order valence-corrected chi connectivity index (χ0v) is 14.7. The average Bonchev–Trinajstić information content (AvgIpc) is 3.17. The van der Waals surface area contributed by atoms with Crippen LogP contribution in [0.25, 0.3) is 10.8 Å². The minimum atomic E-state index is -0.667. The van der Waals surface area contributed by atoms with Gasteiger partial charge in [-0.25, -0.2) is 4.68 Å². The minimum Gasteiger partial charge on any atom is -0.356 e. The van der Waals surface area contributed by atoms with Crippen LogP contribution >= 0.6 is 0 Å². The van der Waals surface area contributed by atoms with Crippen molar-refractivity contribution in [3.8, 4) is 0 Å². The Hall–Kier alpha value is -3.75. The van der Waals surface area contributed by atoms with Crippen molar-refractivity contribution in [2.45, 2.75) is 20.4 Å². The van der Waals surface area contributed by atoms with Crippen LogP contribution in [0, 0.1) is 0 Å². The van der Waals surface area contributed by atoms with E-state index < -0.39 is 11.8 Å². The SMILES string of the molecule is CCn1nc(C(=O)NNC(=O)c2cc(C(C)=O)c[nH]2)c2ccccc2c1=O. The Morgan fingerprint density at radius 1 is 1.11 bits per heavy atom. The van der Waals surface area contributed by atoms with Gasteiger partial charge in [0.05, 0.1) is 5.39 Å². The van der Waals surface area contributed by atoms with Gasteiger partial charge in [-0.3, -0.25) is 30.0 Å². The molecule has 0 bridgehead atoms. The third-order valence-corrected chi connectivity index (χ3v) is 4.01. The monoisotopic (exact) mass is 367 g/mol. The Morgan fingerprint density at radius 2 is 1.78 bits per heavy atom. The summed E-state index contributed by atoms with van der Waals surface area (Å²) in [6.07, 6.45) is 1.41. The quantitative estimate of drug-likeness (QED) is 0.469. The molecular formula is C18H17N5O4. The number of benzene rings is 1. The highest BCUT2D eigenvalue weighted by Crippen LogP contribution is 2.13. The van der Waals surface area contributed by atoms with Gasteiger partial charge in [0.25, 0.3) is 17.4 Å². The molecule has 3 rings (SSSR count). The van der Waals surface area contributed by atoms with Crippen LogP contribution in [0.4, 0.5) is 0 Å². The second-order valence-corrected chi connectivity index (χ2v) is 5.78. The number of ketones is 1. The normalized spacial score (nSPS) is 10.6. The largest absolute Gasteiger partial charge is 0.356 e. The molecule has 0 radical (unpaired) electrons. The lowest BCUT2D eigenvalue weighted by atomic mass is 10.1. The summed E-state index contributed by atoms with van der Waals surface area (Å²) in [5, 5.41) is 4.83. The van der Waals surface area contributed by atoms with Crippen molar-refractivity contribution >= 4 is 28.4 Å².